The van der Waals surface area contributed by atoms with Gasteiger partial charge >= 0.3 is 0 Å². The van der Waals surface area contributed by atoms with E-state index in [1.54, 1.807) is 0 Å². The SMILES string of the molecule is Cc1cc(N2CCN(CC(N)=O)CC2)c2cc3c(cc2n1)OCO3. The Morgan fingerprint density at radius 2 is 1.88 bits per heavy atom. The smallest absolute Gasteiger partial charge is 0.231 e. The molecule has 1 fully saturated rings. The summed E-state index contributed by atoms with van der Waals surface area (Å²) in [5.41, 5.74) is 8.31. The van der Waals surface area contributed by atoms with Gasteiger partial charge in [0.25, 0.3) is 0 Å². The van der Waals surface area contributed by atoms with E-state index < -0.39 is 0 Å². The van der Waals surface area contributed by atoms with Crippen LogP contribution >= 0.6 is 0 Å². The fourth-order valence-electron chi connectivity index (χ4n) is 3.36. The molecule has 4 rings (SSSR count). The summed E-state index contributed by atoms with van der Waals surface area (Å²) in [7, 11) is 0. The summed E-state index contributed by atoms with van der Waals surface area (Å²) in [6.45, 7) is 5.90. The van der Waals surface area contributed by atoms with Gasteiger partial charge in [0.05, 0.1) is 12.1 Å². The normalized spacial score (nSPS) is 17.5. The first kappa shape index (κ1) is 15.0. The molecule has 2 N–H and O–H groups in total. The summed E-state index contributed by atoms with van der Waals surface area (Å²) in [5, 5.41) is 1.06. The summed E-state index contributed by atoms with van der Waals surface area (Å²) < 4.78 is 11.0. The van der Waals surface area contributed by atoms with Crippen LogP contribution in [0.4, 0.5) is 5.69 Å². The molecule has 2 aliphatic rings. The number of nitrogens with two attached hydrogens (primary N) is 1. The maximum atomic E-state index is 11.1. The molecule has 1 aromatic carbocycles. The lowest BCUT2D eigenvalue weighted by molar-refractivity contribution is -0.119. The molecule has 24 heavy (non-hydrogen) atoms. The summed E-state index contributed by atoms with van der Waals surface area (Å²) in [6, 6.07) is 6.06. The molecular weight excluding hydrogens is 308 g/mol. The molecule has 2 aromatic rings. The molecule has 7 nitrogen and oxygen atoms in total. The zero-order valence-corrected chi connectivity index (χ0v) is 13.6. The third-order valence-corrected chi connectivity index (χ3v) is 4.50. The number of carbonyl (C=O) groups is 1. The van der Waals surface area contributed by atoms with Gasteiger partial charge < -0.3 is 20.1 Å². The van der Waals surface area contributed by atoms with Crippen molar-refractivity contribution < 1.29 is 14.3 Å². The highest BCUT2D eigenvalue weighted by Crippen LogP contribution is 2.39. The van der Waals surface area contributed by atoms with Crippen molar-refractivity contribution in [2.45, 2.75) is 6.92 Å². The van der Waals surface area contributed by atoms with E-state index in [1.165, 1.54) is 0 Å². The number of benzene rings is 1. The molecule has 1 aromatic heterocycles. The Morgan fingerprint density at radius 1 is 1.17 bits per heavy atom. The maximum Gasteiger partial charge on any atom is 0.231 e. The van der Waals surface area contributed by atoms with E-state index in [2.05, 4.69) is 20.9 Å². The van der Waals surface area contributed by atoms with Crippen LogP contribution in [0.25, 0.3) is 10.9 Å². The lowest BCUT2D eigenvalue weighted by Crippen LogP contribution is -2.49. The first-order valence-electron chi connectivity index (χ1n) is 8.07. The number of aromatic nitrogens is 1. The number of fused-ring (bicyclic) bond motifs is 2. The van der Waals surface area contributed by atoms with E-state index in [1.807, 2.05) is 19.1 Å². The third-order valence-electron chi connectivity index (χ3n) is 4.50. The molecule has 0 radical (unpaired) electrons. The fraction of sp³-hybridized carbons (Fsp3) is 0.412. The number of pyridine rings is 1. The van der Waals surface area contributed by atoms with Crippen molar-refractivity contribution in [3.8, 4) is 11.5 Å². The summed E-state index contributed by atoms with van der Waals surface area (Å²) in [5.74, 6) is 1.24. The standard InChI is InChI=1S/C17H20N4O3/c1-11-6-14(21-4-2-20(3-5-21)9-17(18)22)12-7-15-16(24-10-23-15)8-13(12)19-11/h6-8H,2-5,9-10H2,1H3,(H2,18,22). The van der Waals surface area contributed by atoms with Crippen molar-refractivity contribution in [1.29, 1.82) is 0 Å². The van der Waals surface area contributed by atoms with Gasteiger partial charge in [0.2, 0.25) is 12.7 Å². The zero-order valence-electron chi connectivity index (χ0n) is 13.6. The Bertz CT molecular complexity index is 800. The molecule has 0 atom stereocenters. The predicted octanol–water partition coefficient (Wildman–Crippen LogP) is 0.879. The van der Waals surface area contributed by atoms with Gasteiger partial charge in [0.15, 0.2) is 11.5 Å². The van der Waals surface area contributed by atoms with Crippen LogP contribution in [-0.2, 0) is 4.79 Å². The van der Waals surface area contributed by atoms with Gasteiger partial charge in [-0.2, -0.15) is 0 Å². The molecule has 2 aliphatic heterocycles. The van der Waals surface area contributed by atoms with Crippen molar-refractivity contribution in [2.75, 3.05) is 44.4 Å². The number of nitrogens with zero attached hydrogens (tertiary/aromatic N) is 3. The molecule has 0 unspecified atom stereocenters. The highest BCUT2D eigenvalue weighted by Gasteiger charge is 2.22. The second kappa shape index (κ2) is 5.83. The van der Waals surface area contributed by atoms with Crippen LogP contribution in [0.3, 0.4) is 0 Å². The van der Waals surface area contributed by atoms with Crippen LogP contribution in [0.1, 0.15) is 5.69 Å². The number of carbonyl (C=O) groups excluding carboxylic acids is 1. The second-order valence-corrected chi connectivity index (χ2v) is 6.23. The first-order valence-corrected chi connectivity index (χ1v) is 8.07. The van der Waals surface area contributed by atoms with Crippen molar-refractivity contribution in [2.24, 2.45) is 5.73 Å². The number of ether oxygens (including phenoxy) is 2. The largest absolute Gasteiger partial charge is 0.454 e. The number of piperazine rings is 1. The fourth-order valence-corrected chi connectivity index (χ4v) is 3.36. The molecule has 7 heteroatoms. The van der Waals surface area contributed by atoms with Crippen LogP contribution in [0.2, 0.25) is 0 Å². The number of hydrogen-bond acceptors (Lipinski definition) is 6. The van der Waals surface area contributed by atoms with Crippen LogP contribution in [-0.4, -0.2) is 55.3 Å². The van der Waals surface area contributed by atoms with Gasteiger partial charge in [-0.1, -0.05) is 0 Å². The maximum absolute atomic E-state index is 11.1. The minimum absolute atomic E-state index is 0.256. The molecule has 126 valence electrons. The predicted molar refractivity (Wildman–Crippen MR) is 90.5 cm³/mol. The molecule has 0 bridgehead atoms. The molecular formula is C17H20N4O3. The Balaban J connectivity index is 1.66. The topological polar surface area (TPSA) is 80.9 Å². The van der Waals surface area contributed by atoms with E-state index >= 15 is 0 Å². The Hall–Kier alpha value is -2.54. The van der Waals surface area contributed by atoms with Crippen molar-refractivity contribution >= 4 is 22.5 Å². The highest BCUT2D eigenvalue weighted by atomic mass is 16.7. The van der Waals surface area contributed by atoms with Crippen LogP contribution in [0, 0.1) is 6.92 Å². The van der Waals surface area contributed by atoms with Crippen molar-refractivity contribution in [1.82, 2.24) is 9.88 Å². The van der Waals surface area contributed by atoms with Crippen LogP contribution < -0.4 is 20.1 Å². The van der Waals surface area contributed by atoms with Crippen LogP contribution in [0.5, 0.6) is 11.5 Å². The molecule has 1 saturated heterocycles. The van der Waals surface area contributed by atoms with Gasteiger partial charge in [0.1, 0.15) is 0 Å². The average Bonchev–Trinajstić information content (AvgIpc) is 2.99. The number of primary amides is 1. The number of anilines is 1. The first-order chi connectivity index (χ1) is 11.6. The van der Waals surface area contributed by atoms with E-state index in [9.17, 15) is 4.79 Å². The quantitative estimate of drug-likeness (QED) is 0.901. The van der Waals surface area contributed by atoms with Crippen molar-refractivity contribution in [3.05, 3.63) is 23.9 Å². The third kappa shape index (κ3) is 2.71. The average molecular weight is 328 g/mol. The molecule has 1 amide bonds. The zero-order chi connectivity index (χ0) is 16.7. The number of aryl methyl sites for hydroxylation is 1. The van der Waals surface area contributed by atoms with E-state index in [4.69, 9.17) is 15.2 Å². The lowest BCUT2D eigenvalue weighted by Gasteiger charge is -2.36. The summed E-state index contributed by atoms with van der Waals surface area (Å²) in [6.07, 6.45) is 0. The molecule has 0 saturated carbocycles. The summed E-state index contributed by atoms with van der Waals surface area (Å²) >= 11 is 0. The summed E-state index contributed by atoms with van der Waals surface area (Å²) in [4.78, 5) is 20.1. The molecule has 0 aliphatic carbocycles. The Labute approximate surface area is 139 Å². The van der Waals surface area contributed by atoms with Crippen LogP contribution in [0.15, 0.2) is 18.2 Å². The Kier molecular flexibility index (Phi) is 3.65. The van der Waals surface area contributed by atoms with Gasteiger partial charge in [-0.3, -0.25) is 14.7 Å². The van der Waals surface area contributed by atoms with E-state index in [0.29, 0.717) is 6.54 Å². The van der Waals surface area contributed by atoms with Gasteiger partial charge in [-0.25, -0.2) is 0 Å². The van der Waals surface area contributed by atoms with Gasteiger partial charge in [0, 0.05) is 49.0 Å². The minimum Gasteiger partial charge on any atom is -0.454 e. The monoisotopic (exact) mass is 328 g/mol. The number of hydrogen-bond donors (Lipinski definition) is 1. The number of amides is 1. The highest BCUT2D eigenvalue weighted by molar-refractivity contribution is 5.94. The Morgan fingerprint density at radius 3 is 2.58 bits per heavy atom. The molecule has 3 heterocycles. The van der Waals surface area contributed by atoms with E-state index in [-0.39, 0.29) is 12.7 Å². The van der Waals surface area contributed by atoms with E-state index in [0.717, 1.165) is 60.0 Å². The van der Waals surface area contributed by atoms with Gasteiger partial charge in [-0.15, -0.1) is 0 Å². The minimum atomic E-state index is -0.277. The van der Waals surface area contributed by atoms with Gasteiger partial charge in [-0.05, 0) is 19.1 Å². The number of rotatable bonds is 3. The lowest BCUT2D eigenvalue weighted by atomic mass is 10.1. The van der Waals surface area contributed by atoms with Crippen molar-refractivity contribution in [3.63, 3.8) is 0 Å². The second-order valence-electron chi connectivity index (χ2n) is 6.23. The molecule has 0 spiro atoms.